The highest BCUT2D eigenvalue weighted by atomic mass is 16.7. The molecule has 0 aliphatic carbocycles. The minimum atomic E-state index is -0.645. The van der Waals surface area contributed by atoms with Crippen molar-refractivity contribution in [2.24, 2.45) is 0 Å². The lowest BCUT2D eigenvalue weighted by atomic mass is 9.97. The third-order valence-corrected chi connectivity index (χ3v) is 7.62. The van der Waals surface area contributed by atoms with Crippen LogP contribution in [0, 0.1) is 0 Å². The zero-order valence-corrected chi connectivity index (χ0v) is 25.5. The van der Waals surface area contributed by atoms with Crippen LogP contribution in [0.3, 0.4) is 0 Å². The molecule has 44 heavy (non-hydrogen) atoms. The van der Waals surface area contributed by atoms with Crippen LogP contribution in [0.5, 0.6) is 0 Å². The van der Waals surface area contributed by atoms with Crippen LogP contribution in [0.4, 0.5) is 0 Å². The summed E-state index contributed by atoms with van der Waals surface area (Å²) in [5.74, 6) is 0. The minimum Gasteiger partial charge on any atom is -0.374 e. The molecule has 0 bridgehead atoms. The average Bonchev–Trinajstić information content (AvgIpc) is 3.08. The standard InChI is InChI=1S/C38H44O6/c1-2-3-24-40-38-37(43-28-33-22-14-7-15-23-33)36(42-27-32-20-12-6-13-21-32)35(41-26-31-18-10-5-11-19-31)34(44-38)29-39-25-30-16-8-4-9-17-30/h4-23,34-38H,2-3,24-29H2,1H3/t34-,35-,36+,37-,38+/m1/s1. The molecule has 1 saturated heterocycles. The van der Waals surface area contributed by atoms with E-state index in [9.17, 15) is 0 Å². The molecule has 1 heterocycles. The second-order valence-corrected chi connectivity index (χ2v) is 11.1. The van der Waals surface area contributed by atoms with E-state index >= 15 is 0 Å². The Morgan fingerprint density at radius 3 is 1.41 bits per heavy atom. The van der Waals surface area contributed by atoms with Gasteiger partial charge in [0, 0.05) is 6.61 Å². The van der Waals surface area contributed by atoms with E-state index in [0.29, 0.717) is 39.6 Å². The molecule has 6 nitrogen and oxygen atoms in total. The van der Waals surface area contributed by atoms with Gasteiger partial charge in [-0.2, -0.15) is 0 Å². The molecule has 0 spiro atoms. The van der Waals surface area contributed by atoms with E-state index in [4.69, 9.17) is 28.4 Å². The van der Waals surface area contributed by atoms with Crippen LogP contribution in [-0.2, 0) is 54.8 Å². The fourth-order valence-electron chi connectivity index (χ4n) is 5.23. The van der Waals surface area contributed by atoms with Gasteiger partial charge in [-0.3, -0.25) is 0 Å². The van der Waals surface area contributed by atoms with Crippen LogP contribution in [0.25, 0.3) is 0 Å². The van der Waals surface area contributed by atoms with E-state index in [1.165, 1.54) is 0 Å². The van der Waals surface area contributed by atoms with E-state index in [1.54, 1.807) is 0 Å². The molecule has 0 unspecified atom stereocenters. The molecule has 5 atom stereocenters. The third-order valence-electron chi connectivity index (χ3n) is 7.62. The predicted molar refractivity (Wildman–Crippen MR) is 171 cm³/mol. The van der Waals surface area contributed by atoms with Crippen molar-refractivity contribution >= 4 is 0 Å². The van der Waals surface area contributed by atoms with E-state index in [2.05, 4.69) is 55.5 Å². The number of hydrogen-bond donors (Lipinski definition) is 0. The highest BCUT2D eigenvalue weighted by molar-refractivity contribution is 5.16. The van der Waals surface area contributed by atoms with Crippen molar-refractivity contribution in [3.05, 3.63) is 144 Å². The van der Waals surface area contributed by atoms with Gasteiger partial charge in [-0.05, 0) is 28.7 Å². The molecule has 1 aliphatic rings. The van der Waals surface area contributed by atoms with Gasteiger partial charge in [0.1, 0.15) is 24.4 Å². The fraction of sp³-hybridized carbons (Fsp3) is 0.368. The Hall–Kier alpha value is -3.36. The Morgan fingerprint density at radius 1 is 0.500 bits per heavy atom. The van der Waals surface area contributed by atoms with Gasteiger partial charge in [0.2, 0.25) is 0 Å². The van der Waals surface area contributed by atoms with Crippen molar-refractivity contribution in [3.8, 4) is 0 Å². The van der Waals surface area contributed by atoms with Crippen LogP contribution >= 0.6 is 0 Å². The van der Waals surface area contributed by atoms with Gasteiger partial charge in [-0.25, -0.2) is 0 Å². The topological polar surface area (TPSA) is 55.4 Å². The lowest BCUT2D eigenvalue weighted by Crippen LogP contribution is -2.61. The maximum atomic E-state index is 6.74. The Labute approximate surface area is 261 Å². The lowest BCUT2D eigenvalue weighted by molar-refractivity contribution is -0.328. The molecule has 1 aliphatic heterocycles. The van der Waals surface area contributed by atoms with Gasteiger partial charge in [0.05, 0.1) is 33.0 Å². The van der Waals surface area contributed by atoms with Gasteiger partial charge in [-0.15, -0.1) is 0 Å². The van der Waals surface area contributed by atoms with Crippen molar-refractivity contribution < 1.29 is 28.4 Å². The first-order chi connectivity index (χ1) is 21.8. The summed E-state index contributed by atoms with van der Waals surface area (Å²) in [6.07, 6.45) is -0.622. The molecule has 5 rings (SSSR count). The minimum absolute atomic E-state index is 0.318. The third kappa shape index (κ3) is 9.83. The van der Waals surface area contributed by atoms with Crippen molar-refractivity contribution in [2.75, 3.05) is 13.2 Å². The molecule has 0 amide bonds. The number of ether oxygens (including phenoxy) is 6. The summed E-state index contributed by atoms with van der Waals surface area (Å²) < 4.78 is 39.3. The first-order valence-corrected chi connectivity index (χ1v) is 15.7. The summed E-state index contributed by atoms with van der Waals surface area (Å²) in [4.78, 5) is 0. The molecule has 4 aromatic rings. The first-order valence-electron chi connectivity index (χ1n) is 15.7. The van der Waals surface area contributed by atoms with Crippen LogP contribution in [0.15, 0.2) is 121 Å². The Morgan fingerprint density at radius 2 is 0.932 bits per heavy atom. The van der Waals surface area contributed by atoms with Gasteiger partial charge in [0.15, 0.2) is 6.29 Å². The summed E-state index contributed by atoms with van der Waals surface area (Å²) in [7, 11) is 0. The number of benzene rings is 4. The smallest absolute Gasteiger partial charge is 0.186 e. The SMILES string of the molecule is CCCCO[C@H]1O[C@H](COCc2ccccc2)[C@@H](OCc2ccccc2)[C@H](OCc2ccccc2)[C@H]1OCc1ccccc1. The zero-order valence-electron chi connectivity index (χ0n) is 25.5. The Balaban J connectivity index is 1.41. The molecule has 6 heteroatoms. The van der Waals surface area contributed by atoms with Crippen LogP contribution in [-0.4, -0.2) is 43.9 Å². The number of hydrogen-bond acceptors (Lipinski definition) is 6. The Bertz CT molecular complexity index is 1300. The number of unbranched alkanes of at least 4 members (excludes halogenated alkanes) is 1. The molecule has 0 N–H and O–H groups in total. The van der Waals surface area contributed by atoms with Gasteiger partial charge >= 0.3 is 0 Å². The average molecular weight is 597 g/mol. The predicted octanol–water partition coefficient (Wildman–Crippen LogP) is 7.50. The fourth-order valence-corrected chi connectivity index (χ4v) is 5.23. The lowest BCUT2D eigenvalue weighted by Gasteiger charge is -2.46. The molecule has 0 aromatic heterocycles. The first kappa shape index (κ1) is 32.0. The Kier molecular flexibility index (Phi) is 13.0. The van der Waals surface area contributed by atoms with Crippen LogP contribution in [0.1, 0.15) is 42.0 Å². The molecule has 4 aromatic carbocycles. The molecular weight excluding hydrogens is 552 g/mol. The van der Waals surface area contributed by atoms with Crippen molar-refractivity contribution in [1.29, 1.82) is 0 Å². The second-order valence-electron chi connectivity index (χ2n) is 11.1. The molecule has 1 fully saturated rings. The van der Waals surface area contributed by atoms with E-state index in [1.807, 2.05) is 72.8 Å². The summed E-state index contributed by atoms with van der Waals surface area (Å²) in [5.41, 5.74) is 4.31. The maximum Gasteiger partial charge on any atom is 0.186 e. The van der Waals surface area contributed by atoms with Crippen molar-refractivity contribution in [1.82, 2.24) is 0 Å². The quantitative estimate of drug-likeness (QED) is 0.118. The van der Waals surface area contributed by atoms with E-state index in [-0.39, 0.29) is 0 Å². The molecule has 0 radical (unpaired) electrons. The van der Waals surface area contributed by atoms with E-state index in [0.717, 1.165) is 35.1 Å². The van der Waals surface area contributed by atoms with Gasteiger partial charge < -0.3 is 28.4 Å². The van der Waals surface area contributed by atoms with Crippen LogP contribution in [0.2, 0.25) is 0 Å². The summed E-state index contributed by atoms with van der Waals surface area (Å²) in [6, 6.07) is 40.6. The maximum absolute atomic E-state index is 6.74. The van der Waals surface area contributed by atoms with E-state index < -0.39 is 30.7 Å². The largest absolute Gasteiger partial charge is 0.374 e. The normalized spacial score (nSPS) is 21.7. The monoisotopic (exact) mass is 596 g/mol. The molecule has 0 saturated carbocycles. The summed E-state index contributed by atoms with van der Waals surface area (Å²) in [5, 5.41) is 0. The summed E-state index contributed by atoms with van der Waals surface area (Å²) in [6.45, 7) is 4.70. The van der Waals surface area contributed by atoms with Gasteiger partial charge in [-0.1, -0.05) is 135 Å². The highest BCUT2D eigenvalue weighted by Crippen LogP contribution is 2.31. The molecule has 232 valence electrons. The van der Waals surface area contributed by atoms with Crippen molar-refractivity contribution in [3.63, 3.8) is 0 Å². The van der Waals surface area contributed by atoms with Gasteiger partial charge in [0.25, 0.3) is 0 Å². The zero-order chi connectivity index (χ0) is 30.2. The molecular formula is C38H44O6. The number of rotatable bonds is 17. The van der Waals surface area contributed by atoms with Crippen LogP contribution < -0.4 is 0 Å². The highest BCUT2D eigenvalue weighted by Gasteiger charge is 2.49. The van der Waals surface area contributed by atoms with Crippen molar-refractivity contribution in [2.45, 2.75) is 76.9 Å². The summed E-state index contributed by atoms with van der Waals surface area (Å²) >= 11 is 0. The second kappa shape index (κ2) is 17.8.